The summed E-state index contributed by atoms with van der Waals surface area (Å²) in [6.45, 7) is 4.45. The maximum atomic E-state index is 12.2. The number of hydrogen-bond acceptors (Lipinski definition) is 4. The van der Waals surface area contributed by atoms with Crippen molar-refractivity contribution in [2.24, 2.45) is 7.05 Å². The molecule has 0 bridgehead atoms. The van der Waals surface area contributed by atoms with Gasteiger partial charge in [0.25, 0.3) is 5.91 Å². The van der Waals surface area contributed by atoms with Crippen LogP contribution < -0.4 is 5.32 Å². The molecule has 1 heterocycles. The minimum atomic E-state index is -0.348. The lowest BCUT2D eigenvalue weighted by Crippen LogP contribution is -2.23. The Hall–Kier alpha value is -2.50. The summed E-state index contributed by atoms with van der Waals surface area (Å²) in [5.41, 5.74) is 3.32. The third kappa shape index (κ3) is 3.21. The molecule has 3 N–H and O–H groups in total. The van der Waals surface area contributed by atoms with Gasteiger partial charge in [0.2, 0.25) is 0 Å². The van der Waals surface area contributed by atoms with Crippen LogP contribution >= 0.6 is 0 Å². The van der Waals surface area contributed by atoms with Crippen molar-refractivity contribution in [2.45, 2.75) is 33.2 Å². The summed E-state index contributed by atoms with van der Waals surface area (Å²) in [5.74, 6) is -0.635. The highest BCUT2D eigenvalue weighted by Gasteiger charge is 2.15. The molecule has 0 saturated heterocycles. The van der Waals surface area contributed by atoms with E-state index in [-0.39, 0.29) is 23.0 Å². The molecule has 0 saturated carbocycles. The van der Waals surface area contributed by atoms with Crippen LogP contribution in [0, 0.1) is 0 Å². The highest BCUT2D eigenvalue weighted by atomic mass is 16.3. The summed E-state index contributed by atoms with van der Waals surface area (Å²) in [6, 6.07) is 3.82. The summed E-state index contributed by atoms with van der Waals surface area (Å²) < 4.78 is 1.85. The largest absolute Gasteiger partial charge is 0.508 e. The van der Waals surface area contributed by atoms with Gasteiger partial charge >= 0.3 is 0 Å². The molecule has 6 heteroatoms. The molecule has 6 nitrogen and oxygen atoms in total. The SMILES string of the molecule is CCc1nn(C)c(CC)c1CNC(=O)c1cc(O)cc(O)c1. The Morgan fingerprint density at radius 2 is 1.82 bits per heavy atom. The second-order valence-corrected chi connectivity index (χ2v) is 5.12. The van der Waals surface area contributed by atoms with Crippen molar-refractivity contribution < 1.29 is 15.0 Å². The lowest BCUT2D eigenvalue weighted by Gasteiger charge is -2.08. The molecule has 2 aromatic rings. The van der Waals surface area contributed by atoms with Gasteiger partial charge < -0.3 is 15.5 Å². The predicted molar refractivity (Wildman–Crippen MR) is 82.9 cm³/mol. The molecule has 1 aromatic carbocycles. The number of benzene rings is 1. The number of nitrogens with one attached hydrogen (secondary N) is 1. The van der Waals surface area contributed by atoms with Crippen LogP contribution in [-0.2, 0) is 26.4 Å². The minimum Gasteiger partial charge on any atom is -0.508 e. The fourth-order valence-corrected chi connectivity index (χ4v) is 2.59. The van der Waals surface area contributed by atoms with Gasteiger partial charge in [0.15, 0.2) is 0 Å². The summed E-state index contributed by atoms with van der Waals surface area (Å²) in [5, 5.41) is 26.2. The van der Waals surface area contributed by atoms with Crippen LogP contribution in [0.5, 0.6) is 11.5 Å². The Kier molecular flexibility index (Phi) is 4.70. The third-order valence-electron chi connectivity index (χ3n) is 3.62. The van der Waals surface area contributed by atoms with E-state index in [1.807, 2.05) is 18.7 Å². The van der Waals surface area contributed by atoms with Gasteiger partial charge in [0.1, 0.15) is 11.5 Å². The van der Waals surface area contributed by atoms with Crippen molar-refractivity contribution in [1.82, 2.24) is 15.1 Å². The van der Waals surface area contributed by atoms with E-state index in [9.17, 15) is 15.0 Å². The molecule has 0 spiro atoms. The van der Waals surface area contributed by atoms with Gasteiger partial charge in [-0.25, -0.2) is 0 Å². The number of carbonyl (C=O) groups is 1. The molecule has 2 rings (SSSR count). The van der Waals surface area contributed by atoms with Gasteiger partial charge in [-0.1, -0.05) is 13.8 Å². The maximum Gasteiger partial charge on any atom is 0.251 e. The molecule has 0 unspecified atom stereocenters. The summed E-state index contributed by atoms with van der Waals surface area (Å²) in [4.78, 5) is 12.2. The molecule has 22 heavy (non-hydrogen) atoms. The van der Waals surface area contributed by atoms with E-state index < -0.39 is 0 Å². The predicted octanol–water partition coefficient (Wildman–Crippen LogP) is 1.89. The van der Waals surface area contributed by atoms with E-state index in [0.29, 0.717) is 6.54 Å². The summed E-state index contributed by atoms with van der Waals surface area (Å²) in [6.07, 6.45) is 1.63. The smallest absolute Gasteiger partial charge is 0.251 e. The second kappa shape index (κ2) is 6.51. The molecular weight excluding hydrogens is 282 g/mol. The van der Waals surface area contributed by atoms with Gasteiger partial charge in [-0.3, -0.25) is 9.48 Å². The molecule has 1 amide bonds. The van der Waals surface area contributed by atoms with Crippen molar-refractivity contribution >= 4 is 5.91 Å². The quantitative estimate of drug-likeness (QED) is 0.787. The molecule has 0 aliphatic rings. The first-order valence-corrected chi connectivity index (χ1v) is 7.31. The number of aryl methyl sites for hydroxylation is 2. The van der Waals surface area contributed by atoms with Gasteiger partial charge in [0.05, 0.1) is 5.69 Å². The van der Waals surface area contributed by atoms with E-state index in [1.54, 1.807) is 0 Å². The second-order valence-electron chi connectivity index (χ2n) is 5.12. The van der Waals surface area contributed by atoms with Gasteiger partial charge in [-0.2, -0.15) is 5.10 Å². The first-order chi connectivity index (χ1) is 10.5. The molecule has 118 valence electrons. The Labute approximate surface area is 129 Å². The first kappa shape index (κ1) is 15.9. The number of aromatic hydroxyl groups is 2. The van der Waals surface area contributed by atoms with E-state index in [2.05, 4.69) is 17.3 Å². The fourth-order valence-electron chi connectivity index (χ4n) is 2.59. The number of carbonyl (C=O) groups excluding carboxylic acids is 1. The van der Waals surface area contributed by atoms with E-state index >= 15 is 0 Å². The van der Waals surface area contributed by atoms with Crippen molar-refractivity contribution in [3.63, 3.8) is 0 Å². The monoisotopic (exact) mass is 303 g/mol. The zero-order chi connectivity index (χ0) is 16.3. The third-order valence-corrected chi connectivity index (χ3v) is 3.62. The van der Waals surface area contributed by atoms with Crippen molar-refractivity contribution in [3.05, 3.63) is 40.7 Å². The highest BCUT2D eigenvalue weighted by Crippen LogP contribution is 2.21. The Morgan fingerprint density at radius 3 is 2.36 bits per heavy atom. The van der Waals surface area contributed by atoms with Crippen molar-refractivity contribution in [3.8, 4) is 11.5 Å². The van der Waals surface area contributed by atoms with Crippen LogP contribution in [-0.4, -0.2) is 25.9 Å². The topological polar surface area (TPSA) is 87.4 Å². The number of nitrogens with zero attached hydrogens (tertiary/aromatic N) is 2. The van der Waals surface area contributed by atoms with Gasteiger partial charge in [-0.05, 0) is 25.0 Å². The number of phenolic OH excluding ortho intramolecular Hbond substituents is 2. The summed E-state index contributed by atoms with van der Waals surface area (Å²) >= 11 is 0. The van der Waals surface area contributed by atoms with Crippen LogP contribution in [0.4, 0.5) is 0 Å². The number of phenols is 2. The molecule has 0 fully saturated rings. The lowest BCUT2D eigenvalue weighted by molar-refractivity contribution is 0.0950. The number of hydrogen-bond donors (Lipinski definition) is 3. The van der Waals surface area contributed by atoms with Crippen LogP contribution in [0.25, 0.3) is 0 Å². The van der Waals surface area contributed by atoms with Crippen molar-refractivity contribution in [2.75, 3.05) is 0 Å². The average molecular weight is 303 g/mol. The van der Waals surface area contributed by atoms with Gasteiger partial charge in [-0.15, -0.1) is 0 Å². The van der Waals surface area contributed by atoms with Crippen molar-refractivity contribution in [1.29, 1.82) is 0 Å². The van der Waals surface area contributed by atoms with Gasteiger partial charge in [0, 0.05) is 36.5 Å². The fraction of sp³-hybridized carbons (Fsp3) is 0.375. The highest BCUT2D eigenvalue weighted by molar-refractivity contribution is 5.95. The summed E-state index contributed by atoms with van der Waals surface area (Å²) in [7, 11) is 1.90. The molecule has 1 aromatic heterocycles. The molecule has 0 aliphatic heterocycles. The number of rotatable bonds is 5. The molecule has 0 radical (unpaired) electrons. The Bertz CT molecular complexity index is 672. The lowest BCUT2D eigenvalue weighted by atomic mass is 10.1. The molecule has 0 atom stereocenters. The zero-order valence-electron chi connectivity index (χ0n) is 13.1. The van der Waals surface area contributed by atoms with Crippen LogP contribution in [0.1, 0.15) is 41.2 Å². The number of aromatic nitrogens is 2. The Morgan fingerprint density at radius 1 is 1.18 bits per heavy atom. The normalized spacial score (nSPS) is 10.7. The minimum absolute atomic E-state index is 0.143. The number of amides is 1. The maximum absolute atomic E-state index is 12.2. The zero-order valence-corrected chi connectivity index (χ0v) is 13.1. The van der Waals surface area contributed by atoms with E-state index in [4.69, 9.17) is 0 Å². The van der Waals surface area contributed by atoms with E-state index in [0.717, 1.165) is 29.8 Å². The molecular formula is C16H21N3O3. The molecule has 0 aliphatic carbocycles. The van der Waals surface area contributed by atoms with Crippen LogP contribution in [0.15, 0.2) is 18.2 Å². The van der Waals surface area contributed by atoms with Crippen LogP contribution in [0.3, 0.4) is 0 Å². The average Bonchev–Trinajstić information content (AvgIpc) is 2.78. The first-order valence-electron chi connectivity index (χ1n) is 7.31. The van der Waals surface area contributed by atoms with E-state index in [1.165, 1.54) is 18.2 Å². The van der Waals surface area contributed by atoms with Crippen LogP contribution in [0.2, 0.25) is 0 Å². The Balaban J connectivity index is 2.17. The standard InChI is InChI=1S/C16H21N3O3/c1-4-14-13(15(5-2)19(3)18-14)9-17-16(22)10-6-11(20)8-12(21)7-10/h6-8,20-21H,4-5,9H2,1-3H3,(H,17,22).